The van der Waals surface area contributed by atoms with Gasteiger partial charge in [0.2, 0.25) is 9.84 Å². The molecule has 0 fully saturated rings. The lowest BCUT2D eigenvalue weighted by atomic mass is 10.1. The number of nitrogen functional groups attached to an aromatic ring is 1. The third-order valence-electron chi connectivity index (χ3n) is 3.09. The zero-order valence-corrected chi connectivity index (χ0v) is 11.4. The molecular weight excluding hydrogens is 274 g/mol. The van der Waals surface area contributed by atoms with E-state index in [1.165, 1.54) is 11.5 Å². The third kappa shape index (κ3) is 2.28. The molecule has 1 aliphatic heterocycles. The molecule has 0 atom stereocenters. The Labute approximate surface area is 117 Å². The van der Waals surface area contributed by atoms with Crippen LogP contribution in [0.5, 0.6) is 5.75 Å². The quantitative estimate of drug-likeness (QED) is 0.880. The molecule has 0 amide bonds. The lowest BCUT2D eigenvalue weighted by molar-refractivity contribution is 0.370. The van der Waals surface area contributed by atoms with Crippen molar-refractivity contribution in [2.24, 2.45) is 0 Å². The maximum atomic E-state index is 12.0. The van der Waals surface area contributed by atoms with Crippen molar-refractivity contribution in [3.05, 3.63) is 59.5 Å². The molecule has 0 aliphatic carbocycles. The van der Waals surface area contributed by atoms with Gasteiger partial charge in [-0.05, 0) is 30.3 Å². The number of rotatable bonds is 3. The number of nitrogens with two attached hydrogens (primary N) is 1. The SMILES string of the molecule is Nc1ccc2c(c1)C(COc1ccccc1)=CS2(=O)=O. The fraction of sp³-hybridized carbons (Fsp3) is 0.0667. The Kier molecular flexibility index (Phi) is 2.99. The summed E-state index contributed by atoms with van der Waals surface area (Å²) in [5.41, 5.74) is 7.51. The van der Waals surface area contributed by atoms with Crippen LogP contribution in [-0.2, 0) is 9.84 Å². The molecular formula is C15H13NO3S. The van der Waals surface area contributed by atoms with Gasteiger partial charge in [-0.2, -0.15) is 0 Å². The fourth-order valence-electron chi connectivity index (χ4n) is 2.15. The van der Waals surface area contributed by atoms with Crippen LogP contribution in [0.1, 0.15) is 5.56 Å². The van der Waals surface area contributed by atoms with Gasteiger partial charge in [-0.1, -0.05) is 18.2 Å². The summed E-state index contributed by atoms with van der Waals surface area (Å²) < 4.78 is 29.6. The molecule has 0 spiro atoms. The maximum Gasteiger partial charge on any atom is 0.200 e. The van der Waals surface area contributed by atoms with E-state index in [-0.39, 0.29) is 6.61 Å². The summed E-state index contributed by atoms with van der Waals surface area (Å²) in [7, 11) is -3.37. The summed E-state index contributed by atoms with van der Waals surface area (Å²) in [6, 6.07) is 14.1. The molecule has 0 saturated carbocycles. The Morgan fingerprint density at radius 1 is 1.05 bits per heavy atom. The highest BCUT2D eigenvalue weighted by atomic mass is 32.2. The van der Waals surface area contributed by atoms with E-state index >= 15 is 0 Å². The van der Waals surface area contributed by atoms with Gasteiger partial charge >= 0.3 is 0 Å². The summed E-state index contributed by atoms with van der Waals surface area (Å²) in [6.07, 6.45) is 0. The molecule has 102 valence electrons. The number of fused-ring (bicyclic) bond motifs is 1. The summed E-state index contributed by atoms with van der Waals surface area (Å²) in [5.74, 6) is 0.697. The average Bonchev–Trinajstić information content (AvgIpc) is 2.68. The van der Waals surface area contributed by atoms with Gasteiger partial charge in [0.15, 0.2) is 0 Å². The number of sulfone groups is 1. The summed E-state index contributed by atoms with van der Waals surface area (Å²) in [5, 5.41) is 1.25. The van der Waals surface area contributed by atoms with Crippen molar-refractivity contribution < 1.29 is 13.2 Å². The highest BCUT2D eigenvalue weighted by Crippen LogP contribution is 2.34. The normalized spacial score (nSPS) is 15.5. The minimum atomic E-state index is -3.37. The molecule has 3 rings (SSSR count). The van der Waals surface area contributed by atoms with Crippen LogP contribution in [0.4, 0.5) is 5.69 Å². The second kappa shape index (κ2) is 4.68. The van der Waals surface area contributed by atoms with Crippen molar-refractivity contribution in [3.8, 4) is 5.75 Å². The van der Waals surface area contributed by atoms with Gasteiger partial charge < -0.3 is 10.5 Å². The Morgan fingerprint density at radius 2 is 1.80 bits per heavy atom. The first-order valence-electron chi connectivity index (χ1n) is 6.10. The summed E-state index contributed by atoms with van der Waals surface area (Å²) in [4.78, 5) is 0.290. The number of hydrogen-bond donors (Lipinski definition) is 1. The molecule has 5 heteroatoms. The Bertz CT molecular complexity index is 780. The van der Waals surface area contributed by atoms with Gasteiger partial charge in [-0.15, -0.1) is 0 Å². The molecule has 2 aromatic carbocycles. The minimum Gasteiger partial charge on any atom is -0.489 e. The number of para-hydroxylation sites is 1. The monoisotopic (exact) mass is 287 g/mol. The Morgan fingerprint density at radius 3 is 2.55 bits per heavy atom. The van der Waals surface area contributed by atoms with Crippen LogP contribution in [0.15, 0.2) is 58.8 Å². The van der Waals surface area contributed by atoms with Crippen LogP contribution >= 0.6 is 0 Å². The first-order valence-corrected chi connectivity index (χ1v) is 7.64. The zero-order valence-electron chi connectivity index (χ0n) is 10.6. The van der Waals surface area contributed by atoms with E-state index in [4.69, 9.17) is 10.5 Å². The van der Waals surface area contributed by atoms with Gasteiger partial charge in [0, 0.05) is 22.2 Å². The van der Waals surface area contributed by atoms with E-state index in [0.717, 1.165) is 0 Å². The minimum absolute atomic E-state index is 0.194. The van der Waals surface area contributed by atoms with Gasteiger partial charge in [0.25, 0.3) is 0 Å². The van der Waals surface area contributed by atoms with Gasteiger partial charge in [0.1, 0.15) is 12.4 Å². The highest BCUT2D eigenvalue weighted by molar-refractivity contribution is 7.95. The summed E-state index contributed by atoms with van der Waals surface area (Å²) in [6.45, 7) is 0.194. The standard InChI is InChI=1S/C15H13NO3S/c16-12-6-7-15-14(8-12)11(10-20(15,17)18)9-19-13-4-2-1-3-5-13/h1-8,10H,9,16H2. The van der Waals surface area contributed by atoms with E-state index in [0.29, 0.717) is 27.5 Å². The first-order chi connectivity index (χ1) is 9.56. The molecule has 0 bridgehead atoms. The van der Waals surface area contributed by atoms with Crippen LogP contribution in [-0.4, -0.2) is 15.0 Å². The zero-order chi connectivity index (χ0) is 14.2. The smallest absolute Gasteiger partial charge is 0.200 e. The molecule has 20 heavy (non-hydrogen) atoms. The average molecular weight is 287 g/mol. The molecule has 0 saturated heterocycles. The molecule has 2 aromatic rings. The third-order valence-corrected chi connectivity index (χ3v) is 4.65. The predicted octanol–water partition coefficient (Wildman–Crippen LogP) is 2.48. The number of hydrogen-bond acceptors (Lipinski definition) is 4. The predicted molar refractivity (Wildman–Crippen MR) is 78.0 cm³/mol. The van der Waals surface area contributed by atoms with Crippen molar-refractivity contribution >= 4 is 21.1 Å². The Balaban J connectivity index is 1.91. The van der Waals surface area contributed by atoms with E-state index in [2.05, 4.69) is 0 Å². The Hall–Kier alpha value is -2.27. The van der Waals surface area contributed by atoms with E-state index in [1.807, 2.05) is 30.3 Å². The molecule has 2 N–H and O–H groups in total. The first kappa shape index (κ1) is 12.7. The van der Waals surface area contributed by atoms with Crippen LogP contribution in [0.2, 0.25) is 0 Å². The molecule has 1 heterocycles. The number of benzene rings is 2. The molecule has 1 aliphatic rings. The highest BCUT2D eigenvalue weighted by Gasteiger charge is 2.27. The van der Waals surface area contributed by atoms with Gasteiger partial charge in [0.05, 0.1) is 4.90 Å². The van der Waals surface area contributed by atoms with Gasteiger partial charge in [-0.25, -0.2) is 8.42 Å². The number of anilines is 1. The molecule has 0 aromatic heterocycles. The second-order valence-corrected chi connectivity index (χ2v) is 6.31. The largest absolute Gasteiger partial charge is 0.489 e. The lowest BCUT2D eigenvalue weighted by Crippen LogP contribution is -2.00. The van der Waals surface area contributed by atoms with Gasteiger partial charge in [-0.3, -0.25) is 0 Å². The lowest BCUT2D eigenvalue weighted by Gasteiger charge is -2.08. The molecule has 4 nitrogen and oxygen atoms in total. The van der Waals surface area contributed by atoms with Crippen LogP contribution in [0.25, 0.3) is 5.57 Å². The number of ether oxygens (including phenoxy) is 1. The van der Waals surface area contributed by atoms with Crippen molar-refractivity contribution in [1.29, 1.82) is 0 Å². The molecule has 0 radical (unpaired) electrons. The maximum absolute atomic E-state index is 12.0. The summed E-state index contributed by atoms with van der Waals surface area (Å²) >= 11 is 0. The van der Waals surface area contributed by atoms with Crippen molar-refractivity contribution in [2.45, 2.75) is 4.90 Å². The van der Waals surface area contributed by atoms with Crippen molar-refractivity contribution in [3.63, 3.8) is 0 Å². The second-order valence-electron chi connectivity index (χ2n) is 4.55. The molecule has 0 unspecified atom stereocenters. The van der Waals surface area contributed by atoms with Crippen LogP contribution in [0, 0.1) is 0 Å². The fourth-order valence-corrected chi connectivity index (χ4v) is 3.60. The van der Waals surface area contributed by atoms with Crippen LogP contribution < -0.4 is 10.5 Å². The van der Waals surface area contributed by atoms with E-state index in [9.17, 15) is 8.42 Å². The van der Waals surface area contributed by atoms with Crippen molar-refractivity contribution in [2.75, 3.05) is 12.3 Å². The van der Waals surface area contributed by atoms with E-state index in [1.54, 1.807) is 12.1 Å². The van der Waals surface area contributed by atoms with Crippen molar-refractivity contribution in [1.82, 2.24) is 0 Å². The topological polar surface area (TPSA) is 69.4 Å². The van der Waals surface area contributed by atoms with Crippen LogP contribution in [0.3, 0.4) is 0 Å². The van der Waals surface area contributed by atoms with E-state index < -0.39 is 9.84 Å².